The van der Waals surface area contributed by atoms with Gasteiger partial charge in [0, 0.05) is 28.3 Å². The third-order valence-electron chi connectivity index (χ3n) is 4.12. The molecule has 0 unspecified atom stereocenters. The average molecular weight is 274 g/mol. The molecule has 0 aromatic carbocycles. The van der Waals surface area contributed by atoms with Gasteiger partial charge in [-0.25, -0.2) is 4.36 Å². The molecule has 1 amide bonds. The molecule has 0 aromatic heterocycles. The summed E-state index contributed by atoms with van der Waals surface area (Å²) in [7, 11) is -2.17. The lowest BCUT2D eigenvalue weighted by Crippen LogP contribution is -2.53. The highest BCUT2D eigenvalue weighted by Gasteiger charge is 2.45. The smallest absolute Gasteiger partial charge is 0.242 e. The van der Waals surface area contributed by atoms with E-state index in [1.54, 1.807) is 12.5 Å². The van der Waals surface area contributed by atoms with Gasteiger partial charge >= 0.3 is 0 Å². The third kappa shape index (κ3) is 3.97. The SMILES string of the molecule is CCC1(C(C)C)CC(NC(=O)CN=S(C)(C)=O)C1. The van der Waals surface area contributed by atoms with Crippen LogP contribution in [-0.2, 0) is 14.5 Å². The van der Waals surface area contributed by atoms with Crippen LogP contribution in [0.4, 0.5) is 0 Å². The maximum absolute atomic E-state index is 11.6. The number of carbonyl (C=O) groups excluding carboxylic acids is 1. The van der Waals surface area contributed by atoms with Gasteiger partial charge in [0.05, 0.1) is 0 Å². The summed E-state index contributed by atoms with van der Waals surface area (Å²) in [6.07, 6.45) is 6.37. The van der Waals surface area contributed by atoms with Gasteiger partial charge in [-0.2, -0.15) is 0 Å². The minimum Gasteiger partial charge on any atom is -0.352 e. The molecule has 0 atom stereocenters. The fourth-order valence-corrected chi connectivity index (χ4v) is 3.11. The van der Waals surface area contributed by atoms with E-state index >= 15 is 0 Å². The number of amides is 1. The molecule has 18 heavy (non-hydrogen) atoms. The van der Waals surface area contributed by atoms with E-state index < -0.39 is 9.73 Å². The van der Waals surface area contributed by atoms with Gasteiger partial charge in [-0.15, -0.1) is 0 Å². The molecule has 0 heterocycles. The highest BCUT2D eigenvalue weighted by molar-refractivity contribution is 7.92. The van der Waals surface area contributed by atoms with E-state index in [-0.39, 0.29) is 18.5 Å². The lowest BCUT2D eigenvalue weighted by molar-refractivity contribution is -0.122. The Balaban J connectivity index is 2.40. The molecule has 1 saturated carbocycles. The van der Waals surface area contributed by atoms with E-state index in [2.05, 4.69) is 30.5 Å². The van der Waals surface area contributed by atoms with Gasteiger partial charge in [-0.1, -0.05) is 27.2 Å². The van der Waals surface area contributed by atoms with Crippen LogP contribution in [0.1, 0.15) is 40.0 Å². The van der Waals surface area contributed by atoms with Gasteiger partial charge in [0.1, 0.15) is 6.54 Å². The van der Waals surface area contributed by atoms with Crippen LogP contribution in [0.2, 0.25) is 0 Å². The first-order chi connectivity index (χ1) is 8.18. The third-order valence-corrected chi connectivity index (χ3v) is 4.87. The summed E-state index contributed by atoms with van der Waals surface area (Å²) < 4.78 is 15.2. The van der Waals surface area contributed by atoms with E-state index in [0.717, 1.165) is 12.8 Å². The Morgan fingerprint density at radius 3 is 2.39 bits per heavy atom. The average Bonchev–Trinajstić information content (AvgIpc) is 2.18. The summed E-state index contributed by atoms with van der Waals surface area (Å²) in [5.41, 5.74) is 0.401. The maximum Gasteiger partial charge on any atom is 0.242 e. The predicted octanol–water partition coefficient (Wildman–Crippen LogP) is 2.04. The summed E-state index contributed by atoms with van der Waals surface area (Å²) in [6.45, 7) is 6.74. The monoisotopic (exact) mass is 274 g/mol. The Bertz CT molecular complexity index is 409. The van der Waals surface area contributed by atoms with Gasteiger partial charge in [-0.05, 0) is 24.2 Å². The van der Waals surface area contributed by atoms with E-state index in [0.29, 0.717) is 11.3 Å². The first-order valence-electron chi connectivity index (χ1n) is 6.61. The minimum atomic E-state index is -2.17. The van der Waals surface area contributed by atoms with E-state index in [1.165, 1.54) is 6.42 Å². The summed E-state index contributed by atoms with van der Waals surface area (Å²) in [4.78, 5) is 11.6. The number of carbonyl (C=O) groups is 1. The Hall–Kier alpha value is -0.580. The van der Waals surface area contributed by atoms with Crippen molar-refractivity contribution in [3.05, 3.63) is 0 Å². The number of hydrogen-bond donors (Lipinski definition) is 1. The Labute approximate surface area is 111 Å². The lowest BCUT2D eigenvalue weighted by atomic mass is 9.58. The summed E-state index contributed by atoms with van der Waals surface area (Å²) in [5.74, 6) is 0.551. The molecule has 0 aromatic rings. The summed E-state index contributed by atoms with van der Waals surface area (Å²) in [6, 6.07) is 0.278. The van der Waals surface area contributed by atoms with E-state index in [4.69, 9.17) is 0 Å². The van der Waals surface area contributed by atoms with Gasteiger partial charge in [0.15, 0.2) is 0 Å². The van der Waals surface area contributed by atoms with Crippen molar-refractivity contribution in [3.63, 3.8) is 0 Å². The van der Waals surface area contributed by atoms with E-state index in [1.807, 2.05) is 0 Å². The maximum atomic E-state index is 11.6. The van der Waals surface area contributed by atoms with Crippen molar-refractivity contribution in [2.75, 3.05) is 19.1 Å². The zero-order valence-corrected chi connectivity index (χ0v) is 13.0. The molecule has 1 N–H and O–H groups in total. The first-order valence-corrected chi connectivity index (χ1v) is 8.94. The summed E-state index contributed by atoms with van der Waals surface area (Å²) in [5, 5.41) is 2.97. The molecule has 0 saturated heterocycles. The molecule has 4 nitrogen and oxygen atoms in total. The van der Waals surface area contributed by atoms with Crippen LogP contribution in [-0.4, -0.2) is 35.2 Å². The Kier molecular flexibility index (Phi) is 4.81. The largest absolute Gasteiger partial charge is 0.352 e. The standard InChI is InChI=1S/C13H26N2O2S/c1-6-13(10(2)3)7-11(8-13)15-12(16)9-14-18(4,5)17/h10-11H,6-9H2,1-5H3,(H,15,16). The number of rotatable bonds is 5. The van der Waals surface area contributed by atoms with Crippen molar-refractivity contribution in [2.45, 2.75) is 46.1 Å². The van der Waals surface area contributed by atoms with Crippen LogP contribution in [0.5, 0.6) is 0 Å². The second-order valence-electron chi connectivity index (χ2n) is 6.01. The van der Waals surface area contributed by atoms with Gasteiger partial charge in [0.2, 0.25) is 5.91 Å². The highest BCUT2D eigenvalue weighted by Crippen LogP contribution is 2.49. The van der Waals surface area contributed by atoms with Crippen molar-refractivity contribution in [1.29, 1.82) is 0 Å². The Morgan fingerprint density at radius 1 is 1.44 bits per heavy atom. The summed E-state index contributed by atoms with van der Waals surface area (Å²) >= 11 is 0. The predicted molar refractivity (Wildman–Crippen MR) is 76.0 cm³/mol. The topological polar surface area (TPSA) is 58.5 Å². The van der Waals surface area contributed by atoms with Gasteiger partial charge in [-0.3, -0.25) is 9.00 Å². The van der Waals surface area contributed by atoms with Crippen LogP contribution in [0.25, 0.3) is 0 Å². The molecule has 106 valence electrons. The molecule has 5 heteroatoms. The Morgan fingerprint density at radius 2 is 2.00 bits per heavy atom. The number of hydrogen-bond acceptors (Lipinski definition) is 3. The lowest BCUT2D eigenvalue weighted by Gasteiger charge is -2.50. The number of nitrogens with zero attached hydrogens (tertiary/aromatic N) is 1. The fourth-order valence-electron chi connectivity index (χ4n) is 2.68. The quantitative estimate of drug-likeness (QED) is 0.834. The highest BCUT2D eigenvalue weighted by atomic mass is 32.2. The molecule has 1 fully saturated rings. The minimum absolute atomic E-state index is 0.0170. The zero-order chi connectivity index (χ0) is 14.0. The van der Waals surface area contributed by atoms with Gasteiger partial charge in [0.25, 0.3) is 0 Å². The molecule has 0 bridgehead atoms. The molecule has 1 rings (SSSR count). The van der Waals surface area contributed by atoms with Crippen molar-refractivity contribution >= 4 is 15.6 Å². The zero-order valence-electron chi connectivity index (χ0n) is 12.2. The second kappa shape index (κ2) is 5.59. The fraction of sp³-hybridized carbons (Fsp3) is 0.923. The molecular weight excluding hydrogens is 248 g/mol. The molecule has 0 spiro atoms. The molecule has 1 aliphatic carbocycles. The van der Waals surface area contributed by atoms with Crippen molar-refractivity contribution in [1.82, 2.24) is 5.32 Å². The van der Waals surface area contributed by atoms with Crippen LogP contribution in [0.15, 0.2) is 4.36 Å². The van der Waals surface area contributed by atoms with Crippen molar-refractivity contribution in [3.8, 4) is 0 Å². The van der Waals surface area contributed by atoms with Crippen LogP contribution in [0.3, 0.4) is 0 Å². The van der Waals surface area contributed by atoms with Crippen LogP contribution in [0, 0.1) is 11.3 Å². The molecule has 1 aliphatic rings. The number of nitrogens with one attached hydrogen (secondary N) is 1. The van der Waals surface area contributed by atoms with Crippen molar-refractivity contribution < 1.29 is 9.00 Å². The molecule has 0 radical (unpaired) electrons. The van der Waals surface area contributed by atoms with Gasteiger partial charge < -0.3 is 5.32 Å². The normalized spacial score (nSPS) is 27.8. The second-order valence-corrected chi connectivity index (χ2v) is 8.63. The molecular formula is C13H26N2O2S. The van der Waals surface area contributed by atoms with E-state index in [9.17, 15) is 9.00 Å². The van der Waals surface area contributed by atoms with Crippen molar-refractivity contribution in [2.24, 2.45) is 15.7 Å². The first kappa shape index (κ1) is 15.5. The van der Waals surface area contributed by atoms with Crippen LogP contribution < -0.4 is 5.32 Å². The molecule has 0 aliphatic heterocycles. The van der Waals surface area contributed by atoms with Crippen LogP contribution >= 0.6 is 0 Å².